The van der Waals surface area contributed by atoms with Gasteiger partial charge in [-0.3, -0.25) is 4.79 Å². The molecule has 3 N–H and O–H groups in total. The molecule has 0 aliphatic heterocycles. The summed E-state index contributed by atoms with van der Waals surface area (Å²) < 4.78 is 0. The van der Waals surface area contributed by atoms with Crippen LogP contribution < -0.4 is 5.73 Å². The highest BCUT2D eigenvalue weighted by Crippen LogP contribution is 2.29. The predicted molar refractivity (Wildman–Crippen MR) is 57.6 cm³/mol. The Kier molecular flexibility index (Phi) is 4.39. The minimum Gasteiger partial charge on any atom is -0.409 e. The first kappa shape index (κ1) is 11.8. The number of amidine groups is 1. The smallest absolute Gasteiger partial charge is 0.222 e. The summed E-state index contributed by atoms with van der Waals surface area (Å²) in [5, 5.41) is 11.2. The van der Waals surface area contributed by atoms with E-state index in [1.807, 2.05) is 0 Å². The van der Waals surface area contributed by atoms with Crippen molar-refractivity contribution in [2.45, 2.75) is 32.1 Å². The molecule has 0 atom stereocenters. The topological polar surface area (TPSA) is 78.9 Å². The lowest BCUT2D eigenvalue weighted by Gasteiger charge is -2.27. The molecule has 1 aliphatic carbocycles. The van der Waals surface area contributed by atoms with Crippen LogP contribution in [0.15, 0.2) is 5.16 Å². The van der Waals surface area contributed by atoms with Crippen molar-refractivity contribution in [3.05, 3.63) is 0 Å². The average molecular weight is 213 g/mol. The summed E-state index contributed by atoms with van der Waals surface area (Å²) in [6.07, 6.45) is 4.68. The summed E-state index contributed by atoms with van der Waals surface area (Å²) in [7, 11) is 1.76. The van der Waals surface area contributed by atoms with E-state index in [9.17, 15) is 4.79 Å². The monoisotopic (exact) mass is 213 g/mol. The molecule has 0 aromatic carbocycles. The van der Waals surface area contributed by atoms with Crippen molar-refractivity contribution in [1.82, 2.24) is 4.90 Å². The second-order valence-corrected chi connectivity index (χ2v) is 4.16. The molecule has 0 saturated heterocycles. The highest BCUT2D eigenvalue weighted by molar-refractivity contribution is 5.81. The fourth-order valence-electron chi connectivity index (χ4n) is 1.56. The molecule has 0 aromatic rings. The summed E-state index contributed by atoms with van der Waals surface area (Å²) >= 11 is 0. The molecule has 1 saturated carbocycles. The first-order valence-electron chi connectivity index (χ1n) is 5.34. The Labute approximate surface area is 89.9 Å². The second-order valence-electron chi connectivity index (χ2n) is 4.16. The minimum atomic E-state index is 0.158. The lowest BCUT2D eigenvalue weighted by Crippen LogP contribution is -2.32. The molecule has 1 amide bonds. The Morgan fingerprint density at radius 3 is 2.73 bits per heavy atom. The van der Waals surface area contributed by atoms with Gasteiger partial charge in [0.2, 0.25) is 5.91 Å². The third kappa shape index (κ3) is 3.77. The molecular weight excluding hydrogens is 194 g/mol. The van der Waals surface area contributed by atoms with E-state index in [-0.39, 0.29) is 11.7 Å². The normalized spacial score (nSPS) is 17.3. The molecule has 1 rings (SSSR count). The standard InChI is InChI=1S/C10H19N3O2/c1-13(6-5-9(11)12-15)10(14)7-8-3-2-4-8/h8,15H,2-7H2,1H3,(H2,11,12). The van der Waals surface area contributed by atoms with Crippen LogP contribution in [-0.4, -0.2) is 35.4 Å². The van der Waals surface area contributed by atoms with Gasteiger partial charge < -0.3 is 15.8 Å². The van der Waals surface area contributed by atoms with Crippen molar-refractivity contribution >= 4 is 11.7 Å². The van der Waals surface area contributed by atoms with Gasteiger partial charge in [0.1, 0.15) is 5.84 Å². The van der Waals surface area contributed by atoms with E-state index in [0.29, 0.717) is 25.3 Å². The molecule has 1 aliphatic rings. The molecule has 15 heavy (non-hydrogen) atoms. The Hall–Kier alpha value is -1.26. The van der Waals surface area contributed by atoms with Gasteiger partial charge in [-0.15, -0.1) is 0 Å². The largest absolute Gasteiger partial charge is 0.409 e. The third-order valence-corrected chi connectivity index (χ3v) is 2.95. The van der Waals surface area contributed by atoms with E-state index >= 15 is 0 Å². The fourth-order valence-corrected chi connectivity index (χ4v) is 1.56. The Balaban J connectivity index is 2.20. The van der Waals surface area contributed by atoms with Gasteiger partial charge in [-0.25, -0.2) is 0 Å². The van der Waals surface area contributed by atoms with Crippen LogP contribution in [0.4, 0.5) is 0 Å². The van der Waals surface area contributed by atoms with Crippen LogP contribution in [0.2, 0.25) is 0 Å². The van der Waals surface area contributed by atoms with Crippen molar-refractivity contribution < 1.29 is 10.0 Å². The zero-order chi connectivity index (χ0) is 11.3. The van der Waals surface area contributed by atoms with Gasteiger partial charge in [0, 0.05) is 26.4 Å². The maximum atomic E-state index is 11.6. The summed E-state index contributed by atoms with van der Waals surface area (Å²) in [5.41, 5.74) is 5.32. The highest BCUT2D eigenvalue weighted by atomic mass is 16.4. The number of carbonyl (C=O) groups is 1. The summed E-state index contributed by atoms with van der Waals surface area (Å²) in [6.45, 7) is 0.515. The Morgan fingerprint density at radius 2 is 2.27 bits per heavy atom. The molecule has 5 nitrogen and oxygen atoms in total. The van der Waals surface area contributed by atoms with Crippen molar-refractivity contribution in [3.8, 4) is 0 Å². The fraction of sp³-hybridized carbons (Fsp3) is 0.800. The van der Waals surface area contributed by atoms with E-state index in [1.54, 1.807) is 11.9 Å². The summed E-state index contributed by atoms with van der Waals surface area (Å²) in [6, 6.07) is 0. The maximum absolute atomic E-state index is 11.6. The van der Waals surface area contributed by atoms with Gasteiger partial charge in [0.25, 0.3) is 0 Å². The van der Waals surface area contributed by atoms with Crippen LogP contribution in [-0.2, 0) is 4.79 Å². The number of hydrogen-bond donors (Lipinski definition) is 2. The molecule has 86 valence electrons. The van der Waals surface area contributed by atoms with Crippen LogP contribution in [0.25, 0.3) is 0 Å². The van der Waals surface area contributed by atoms with Crippen molar-refractivity contribution in [1.29, 1.82) is 0 Å². The zero-order valence-corrected chi connectivity index (χ0v) is 9.15. The number of amides is 1. The van der Waals surface area contributed by atoms with Gasteiger partial charge in [0.15, 0.2) is 0 Å². The van der Waals surface area contributed by atoms with Crippen molar-refractivity contribution in [2.24, 2.45) is 16.8 Å². The third-order valence-electron chi connectivity index (χ3n) is 2.95. The van der Waals surface area contributed by atoms with Crippen molar-refractivity contribution in [3.63, 3.8) is 0 Å². The number of carbonyl (C=O) groups excluding carboxylic acids is 1. The number of rotatable bonds is 5. The molecule has 0 heterocycles. The van der Waals surface area contributed by atoms with Crippen LogP contribution in [0.3, 0.4) is 0 Å². The van der Waals surface area contributed by atoms with Gasteiger partial charge in [0.05, 0.1) is 0 Å². The molecule has 0 unspecified atom stereocenters. The molecule has 0 spiro atoms. The lowest BCUT2D eigenvalue weighted by atomic mass is 9.83. The molecule has 0 bridgehead atoms. The van der Waals surface area contributed by atoms with Gasteiger partial charge in [-0.05, 0) is 18.8 Å². The summed E-state index contributed by atoms with van der Waals surface area (Å²) in [5.74, 6) is 0.910. The Morgan fingerprint density at radius 1 is 1.60 bits per heavy atom. The molecule has 5 heteroatoms. The molecule has 0 aromatic heterocycles. The predicted octanol–water partition coefficient (Wildman–Crippen LogP) is 0.771. The van der Waals surface area contributed by atoms with Gasteiger partial charge >= 0.3 is 0 Å². The zero-order valence-electron chi connectivity index (χ0n) is 9.15. The van der Waals surface area contributed by atoms with Gasteiger partial charge in [-0.2, -0.15) is 0 Å². The SMILES string of the molecule is CN(CCC(N)=NO)C(=O)CC1CCC1. The molecule has 0 radical (unpaired) electrons. The number of nitrogens with zero attached hydrogens (tertiary/aromatic N) is 2. The van der Waals surface area contributed by atoms with E-state index in [4.69, 9.17) is 10.9 Å². The summed E-state index contributed by atoms with van der Waals surface area (Å²) in [4.78, 5) is 13.3. The van der Waals surface area contributed by atoms with E-state index < -0.39 is 0 Å². The second kappa shape index (κ2) is 5.58. The van der Waals surface area contributed by atoms with Gasteiger partial charge in [-0.1, -0.05) is 11.6 Å². The number of oxime groups is 1. The first-order chi connectivity index (χ1) is 7.13. The number of hydrogen-bond acceptors (Lipinski definition) is 3. The van der Waals surface area contributed by atoms with Crippen molar-refractivity contribution in [2.75, 3.05) is 13.6 Å². The van der Waals surface area contributed by atoms with Crippen LogP contribution >= 0.6 is 0 Å². The van der Waals surface area contributed by atoms with E-state index in [1.165, 1.54) is 19.3 Å². The van der Waals surface area contributed by atoms with E-state index in [0.717, 1.165) is 0 Å². The number of nitrogens with two attached hydrogens (primary N) is 1. The molecular formula is C10H19N3O2. The maximum Gasteiger partial charge on any atom is 0.222 e. The van der Waals surface area contributed by atoms with Crippen LogP contribution in [0.1, 0.15) is 32.1 Å². The van der Waals surface area contributed by atoms with Crippen LogP contribution in [0, 0.1) is 5.92 Å². The average Bonchev–Trinajstić information content (AvgIpc) is 2.18. The lowest BCUT2D eigenvalue weighted by molar-refractivity contribution is -0.131. The molecule has 1 fully saturated rings. The minimum absolute atomic E-state index is 0.158. The van der Waals surface area contributed by atoms with E-state index in [2.05, 4.69) is 5.16 Å². The Bertz CT molecular complexity index is 249. The quantitative estimate of drug-likeness (QED) is 0.306. The first-order valence-corrected chi connectivity index (χ1v) is 5.34. The van der Waals surface area contributed by atoms with Crippen LogP contribution in [0.5, 0.6) is 0 Å². The highest BCUT2D eigenvalue weighted by Gasteiger charge is 2.22.